The summed E-state index contributed by atoms with van der Waals surface area (Å²) >= 11 is 0. The number of anilines is 1. The second kappa shape index (κ2) is 9.58. The number of aryl methyl sites for hydroxylation is 1. The summed E-state index contributed by atoms with van der Waals surface area (Å²) in [5.74, 6) is 0.808. The molecule has 2 N–H and O–H groups in total. The molecule has 1 heterocycles. The number of hydrogen-bond acceptors (Lipinski definition) is 4. The molecule has 3 rings (SSSR count). The van der Waals surface area contributed by atoms with Crippen LogP contribution in [0.25, 0.3) is 0 Å². The van der Waals surface area contributed by atoms with Crippen molar-refractivity contribution in [2.24, 2.45) is 0 Å². The quantitative estimate of drug-likeness (QED) is 0.787. The monoisotopic (exact) mass is 394 g/mol. The van der Waals surface area contributed by atoms with Crippen LogP contribution in [0.15, 0.2) is 30.3 Å². The lowest BCUT2D eigenvalue weighted by Crippen LogP contribution is -2.25. The molecule has 0 radical (unpaired) electrons. The summed E-state index contributed by atoms with van der Waals surface area (Å²) < 4.78 is 25.1. The van der Waals surface area contributed by atoms with E-state index >= 15 is 0 Å². The van der Waals surface area contributed by atoms with E-state index in [9.17, 15) is 9.18 Å². The van der Waals surface area contributed by atoms with Gasteiger partial charge < -0.3 is 20.1 Å². The van der Waals surface area contributed by atoms with E-state index < -0.39 is 0 Å². The van der Waals surface area contributed by atoms with Gasteiger partial charge in [-0.05, 0) is 54.3 Å². The van der Waals surface area contributed by atoms with Crippen molar-refractivity contribution >= 4 is 24.0 Å². The van der Waals surface area contributed by atoms with Crippen molar-refractivity contribution < 1.29 is 18.7 Å². The first-order chi connectivity index (χ1) is 12.6. The van der Waals surface area contributed by atoms with E-state index in [0.29, 0.717) is 36.4 Å². The fraction of sp³-hybridized carbons (Fsp3) is 0.350. The number of ether oxygens (including phenoxy) is 2. The number of nitrogens with one attached hydrogen (secondary N) is 2. The molecule has 0 spiro atoms. The maximum absolute atomic E-state index is 14.6. The van der Waals surface area contributed by atoms with Gasteiger partial charge in [-0.25, -0.2) is 4.39 Å². The molecule has 146 valence electrons. The first-order valence-corrected chi connectivity index (χ1v) is 8.63. The lowest BCUT2D eigenvalue weighted by molar-refractivity contribution is -0.116. The number of carbonyl (C=O) groups is 1. The predicted molar refractivity (Wildman–Crippen MR) is 106 cm³/mol. The average molecular weight is 395 g/mol. The van der Waals surface area contributed by atoms with Crippen LogP contribution in [0.1, 0.15) is 23.1 Å². The van der Waals surface area contributed by atoms with Crippen LogP contribution in [0.3, 0.4) is 0 Å². The highest BCUT2D eigenvalue weighted by molar-refractivity contribution is 5.91. The Bertz CT molecular complexity index is 792. The number of methoxy groups -OCH3 is 2. The molecule has 0 aliphatic carbocycles. The summed E-state index contributed by atoms with van der Waals surface area (Å²) in [7, 11) is 3.17. The number of halogens is 2. The smallest absolute Gasteiger partial charge is 0.224 e. The van der Waals surface area contributed by atoms with Gasteiger partial charge in [0.1, 0.15) is 17.3 Å². The molecular weight excluding hydrogens is 371 g/mol. The van der Waals surface area contributed by atoms with Crippen LogP contribution >= 0.6 is 12.4 Å². The summed E-state index contributed by atoms with van der Waals surface area (Å²) in [6.45, 7) is 1.41. The third-order valence-electron chi connectivity index (χ3n) is 4.53. The van der Waals surface area contributed by atoms with Gasteiger partial charge in [0, 0.05) is 19.0 Å². The minimum absolute atomic E-state index is 0. The van der Waals surface area contributed by atoms with Crippen LogP contribution in [-0.4, -0.2) is 26.7 Å². The summed E-state index contributed by atoms with van der Waals surface area (Å²) in [5.41, 5.74) is 2.82. The van der Waals surface area contributed by atoms with E-state index in [-0.39, 0.29) is 36.2 Å². The van der Waals surface area contributed by atoms with Gasteiger partial charge in [0.15, 0.2) is 0 Å². The average Bonchev–Trinajstić information content (AvgIpc) is 2.68. The summed E-state index contributed by atoms with van der Waals surface area (Å²) in [5, 5.41) is 5.90. The molecule has 0 bridgehead atoms. The number of benzene rings is 2. The molecule has 0 saturated carbocycles. The van der Waals surface area contributed by atoms with E-state index in [1.165, 1.54) is 0 Å². The van der Waals surface area contributed by atoms with Gasteiger partial charge in [0.05, 0.1) is 19.9 Å². The standard InChI is InChI=1S/C20H23FN2O3.ClH/c1-25-15-9-13(10-16(11-15)26-2)3-6-19(24)23-18-5-4-14-12-22-8-7-17(14)20(18)21;/h4-5,9-11,22H,3,6-8,12H2,1-2H3,(H,23,24);1H. The largest absolute Gasteiger partial charge is 0.497 e. The van der Waals surface area contributed by atoms with E-state index in [4.69, 9.17) is 9.47 Å². The number of fused-ring (bicyclic) bond motifs is 1. The Morgan fingerprint density at radius 1 is 1.19 bits per heavy atom. The lowest BCUT2D eigenvalue weighted by atomic mass is 9.99. The van der Waals surface area contributed by atoms with E-state index in [1.807, 2.05) is 18.2 Å². The second-order valence-corrected chi connectivity index (χ2v) is 6.26. The van der Waals surface area contributed by atoms with Gasteiger partial charge in [-0.3, -0.25) is 4.79 Å². The first kappa shape index (κ1) is 21.0. The van der Waals surface area contributed by atoms with Crippen molar-refractivity contribution in [3.8, 4) is 11.5 Å². The molecule has 0 saturated heterocycles. The summed E-state index contributed by atoms with van der Waals surface area (Å²) in [6, 6.07) is 9.01. The van der Waals surface area contributed by atoms with Crippen LogP contribution in [-0.2, 0) is 24.2 Å². The van der Waals surface area contributed by atoms with Gasteiger partial charge in [-0.2, -0.15) is 0 Å². The van der Waals surface area contributed by atoms with Gasteiger partial charge in [0.25, 0.3) is 0 Å². The Kier molecular flexibility index (Phi) is 7.45. The molecule has 0 fully saturated rings. The molecular formula is C20H24ClFN2O3. The van der Waals surface area contributed by atoms with Gasteiger partial charge >= 0.3 is 0 Å². The van der Waals surface area contributed by atoms with Crippen molar-refractivity contribution in [2.45, 2.75) is 25.8 Å². The zero-order chi connectivity index (χ0) is 18.5. The number of hydrogen-bond donors (Lipinski definition) is 2. The predicted octanol–water partition coefficient (Wildman–Crippen LogP) is 3.48. The SMILES string of the molecule is COc1cc(CCC(=O)Nc2ccc3c(c2F)CCNC3)cc(OC)c1.Cl. The molecule has 0 atom stereocenters. The molecule has 27 heavy (non-hydrogen) atoms. The van der Waals surface area contributed by atoms with E-state index in [2.05, 4.69) is 10.6 Å². The maximum atomic E-state index is 14.6. The molecule has 2 aromatic carbocycles. The highest BCUT2D eigenvalue weighted by atomic mass is 35.5. The van der Waals surface area contributed by atoms with Gasteiger partial charge in [-0.1, -0.05) is 6.07 Å². The number of carbonyl (C=O) groups excluding carboxylic acids is 1. The topological polar surface area (TPSA) is 59.6 Å². The molecule has 1 aliphatic heterocycles. The van der Waals surface area contributed by atoms with Gasteiger partial charge in [0.2, 0.25) is 5.91 Å². The molecule has 0 unspecified atom stereocenters. The highest BCUT2D eigenvalue weighted by Gasteiger charge is 2.17. The van der Waals surface area contributed by atoms with Crippen molar-refractivity contribution in [2.75, 3.05) is 26.1 Å². The molecule has 1 amide bonds. The third kappa shape index (κ3) is 5.11. The maximum Gasteiger partial charge on any atom is 0.224 e. The first-order valence-electron chi connectivity index (χ1n) is 8.63. The van der Waals surface area contributed by atoms with Crippen molar-refractivity contribution in [1.29, 1.82) is 0 Å². The highest BCUT2D eigenvalue weighted by Crippen LogP contribution is 2.26. The van der Waals surface area contributed by atoms with Crippen LogP contribution in [0.4, 0.5) is 10.1 Å². The normalized spacial score (nSPS) is 12.6. The Morgan fingerprint density at radius 3 is 2.56 bits per heavy atom. The lowest BCUT2D eigenvalue weighted by Gasteiger charge is -2.19. The number of rotatable bonds is 6. The zero-order valence-corrected chi connectivity index (χ0v) is 16.2. The molecule has 7 heteroatoms. The number of amides is 1. The van der Waals surface area contributed by atoms with Crippen molar-refractivity contribution in [1.82, 2.24) is 5.32 Å². The Labute approximate surface area is 164 Å². The fourth-order valence-corrected chi connectivity index (χ4v) is 3.11. The van der Waals surface area contributed by atoms with E-state index in [1.54, 1.807) is 26.4 Å². The Morgan fingerprint density at radius 2 is 1.89 bits per heavy atom. The van der Waals surface area contributed by atoms with Crippen LogP contribution < -0.4 is 20.1 Å². The molecule has 2 aromatic rings. The minimum Gasteiger partial charge on any atom is -0.497 e. The van der Waals surface area contributed by atoms with Crippen LogP contribution in [0, 0.1) is 5.82 Å². The third-order valence-corrected chi connectivity index (χ3v) is 4.53. The van der Waals surface area contributed by atoms with E-state index in [0.717, 1.165) is 17.7 Å². The molecule has 5 nitrogen and oxygen atoms in total. The zero-order valence-electron chi connectivity index (χ0n) is 15.4. The Hall–Kier alpha value is -2.31. The molecule has 1 aliphatic rings. The van der Waals surface area contributed by atoms with Gasteiger partial charge in [-0.15, -0.1) is 12.4 Å². The Balaban J connectivity index is 0.00000261. The molecule has 0 aromatic heterocycles. The van der Waals surface area contributed by atoms with Crippen molar-refractivity contribution in [3.05, 3.63) is 52.8 Å². The van der Waals surface area contributed by atoms with Crippen LogP contribution in [0.5, 0.6) is 11.5 Å². The summed E-state index contributed by atoms with van der Waals surface area (Å²) in [6.07, 6.45) is 1.39. The van der Waals surface area contributed by atoms with Crippen molar-refractivity contribution in [3.63, 3.8) is 0 Å². The second-order valence-electron chi connectivity index (χ2n) is 6.26. The summed E-state index contributed by atoms with van der Waals surface area (Å²) in [4.78, 5) is 12.3. The fourth-order valence-electron chi connectivity index (χ4n) is 3.11. The van der Waals surface area contributed by atoms with Crippen LogP contribution in [0.2, 0.25) is 0 Å². The minimum atomic E-state index is -0.319.